The number of carbonyl (C=O) groups excluding carboxylic acids is 1. The van der Waals surface area contributed by atoms with Gasteiger partial charge in [0.15, 0.2) is 0 Å². The second-order valence-corrected chi connectivity index (χ2v) is 6.22. The monoisotopic (exact) mass is 251 g/mol. The Morgan fingerprint density at radius 3 is 2.67 bits per heavy atom. The molecule has 1 unspecified atom stereocenters. The predicted octanol–water partition coefficient (Wildman–Crippen LogP) is 0.825. The Morgan fingerprint density at radius 2 is 2.00 bits per heavy atom. The normalized spacial score (nSPS) is 33.3. The van der Waals surface area contributed by atoms with Crippen LogP contribution in [-0.2, 0) is 4.79 Å². The molecule has 3 rings (SSSR count). The van der Waals surface area contributed by atoms with Crippen LogP contribution in [0.15, 0.2) is 0 Å². The molecule has 102 valence electrons. The minimum Gasteiger partial charge on any atom is -0.344 e. The second-order valence-electron chi connectivity index (χ2n) is 6.22. The summed E-state index contributed by atoms with van der Waals surface area (Å²) in [7, 11) is 1.94. The highest BCUT2D eigenvalue weighted by Gasteiger charge is 2.46. The van der Waals surface area contributed by atoms with Gasteiger partial charge in [-0.2, -0.15) is 0 Å². The molecule has 2 saturated heterocycles. The zero-order valence-electron chi connectivity index (χ0n) is 11.5. The summed E-state index contributed by atoms with van der Waals surface area (Å²) in [6.07, 6.45) is 7.59. The molecule has 0 aromatic heterocycles. The van der Waals surface area contributed by atoms with E-state index in [-0.39, 0.29) is 11.6 Å². The molecule has 0 radical (unpaired) electrons. The molecule has 3 fully saturated rings. The van der Waals surface area contributed by atoms with Crippen LogP contribution in [-0.4, -0.2) is 60.5 Å². The van der Waals surface area contributed by atoms with Crippen molar-refractivity contribution in [3.63, 3.8) is 0 Å². The van der Waals surface area contributed by atoms with Crippen LogP contribution in [0.2, 0.25) is 0 Å². The van der Waals surface area contributed by atoms with E-state index in [9.17, 15) is 4.79 Å². The van der Waals surface area contributed by atoms with E-state index in [1.54, 1.807) is 0 Å². The maximum Gasteiger partial charge on any atom is 0.239 e. The molecule has 1 saturated carbocycles. The molecule has 1 atom stereocenters. The minimum atomic E-state index is 0.162. The zero-order valence-corrected chi connectivity index (χ0v) is 11.5. The first-order valence-electron chi connectivity index (χ1n) is 7.45. The number of amides is 1. The molecule has 1 N–H and O–H groups in total. The average molecular weight is 251 g/mol. The van der Waals surface area contributed by atoms with Crippen molar-refractivity contribution in [3.05, 3.63) is 0 Å². The summed E-state index contributed by atoms with van der Waals surface area (Å²) in [5.41, 5.74) is 0.280. The average Bonchev–Trinajstić information content (AvgIpc) is 2.72. The Hall–Kier alpha value is -0.610. The highest BCUT2D eigenvalue weighted by atomic mass is 16.2. The molecule has 2 aliphatic heterocycles. The first-order valence-corrected chi connectivity index (χ1v) is 7.45. The van der Waals surface area contributed by atoms with Gasteiger partial charge in [0.25, 0.3) is 0 Å². The molecular formula is C14H25N3O. The predicted molar refractivity (Wildman–Crippen MR) is 71.4 cm³/mol. The third-order valence-corrected chi connectivity index (χ3v) is 5.15. The maximum absolute atomic E-state index is 12.3. The Balaban J connectivity index is 1.81. The van der Waals surface area contributed by atoms with E-state index in [0.717, 1.165) is 32.6 Å². The van der Waals surface area contributed by atoms with Crippen molar-refractivity contribution in [2.24, 2.45) is 0 Å². The van der Waals surface area contributed by atoms with Crippen LogP contribution >= 0.6 is 0 Å². The van der Waals surface area contributed by atoms with Gasteiger partial charge in [0, 0.05) is 38.8 Å². The Bertz CT molecular complexity index is 317. The summed E-state index contributed by atoms with van der Waals surface area (Å²) in [6.45, 7) is 4.10. The fraction of sp³-hybridized carbons (Fsp3) is 0.929. The third-order valence-electron chi connectivity index (χ3n) is 5.15. The second kappa shape index (κ2) is 4.82. The van der Waals surface area contributed by atoms with E-state index >= 15 is 0 Å². The maximum atomic E-state index is 12.3. The topological polar surface area (TPSA) is 35.6 Å². The van der Waals surface area contributed by atoms with Crippen molar-refractivity contribution in [3.8, 4) is 0 Å². The molecule has 4 nitrogen and oxygen atoms in total. The van der Waals surface area contributed by atoms with Gasteiger partial charge in [-0.25, -0.2) is 0 Å². The summed E-state index contributed by atoms with van der Waals surface area (Å²) < 4.78 is 0. The van der Waals surface area contributed by atoms with Gasteiger partial charge in [0.1, 0.15) is 0 Å². The number of nitrogens with one attached hydrogen (secondary N) is 1. The molecule has 0 aromatic rings. The lowest BCUT2D eigenvalue weighted by Gasteiger charge is -2.51. The van der Waals surface area contributed by atoms with Crippen molar-refractivity contribution in [1.82, 2.24) is 15.1 Å². The van der Waals surface area contributed by atoms with Crippen LogP contribution in [0.5, 0.6) is 0 Å². The zero-order chi connectivity index (χ0) is 12.6. The van der Waals surface area contributed by atoms with E-state index in [1.807, 2.05) is 11.9 Å². The SMILES string of the molecule is CN1CCC(N2CCNCC23CCCCC3)C1=O. The number of piperazine rings is 1. The van der Waals surface area contributed by atoms with Crippen LogP contribution in [0.3, 0.4) is 0 Å². The lowest BCUT2D eigenvalue weighted by molar-refractivity contribution is -0.135. The lowest BCUT2D eigenvalue weighted by Crippen LogP contribution is -2.65. The fourth-order valence-corrected chi connectivity index (χ4v) is 4.11. The number of nitrogens with zero attached hydrogens (tertiary/aromatic N) is 2. The molecule has 1 spiro atoms. The Kier molecular flexibility index (Phi) is 3.32. The summed E-state index contributed by atoms with van der Waals surface area (Å²) >= 11 is 0. The number of carbonyl (C=O) groups is 1. The smallest absolute Gasteiger partial charge is 0.239 e. The van der Waals surface area contributed by atoms with Crippen LogP contribution in [0.4, 0.5) is 0 Å². The highest BCUT2D eigenvalue weighted by molar-refractivity contribution is 5.83. The largest absolute Gasteiger partial charge is 0.344 e. The molecule has 18 heavy (non-hydrogen) atoms. The van der Waals surface area contributed by atoms with Gasteiger partial charge < -0.3 is 10.2 Å². The van der Waals surface area contributed by atoms with Gasteiger partial charge in [-0.05, 0) is 19.3 Å². The van der Waals surface area contributed by atoms with Gasteiger partial charge >= 0.3 is 0 Å². The number of hydrogen-bond acceptors (Lipinski definition) is 3. The molecule has 0 aromatic carbocycles. The fourth-order valence-electron chi connectivity index (χ4n) is 4.11. The van der Waals surface area contributed by atoms with E-state index in [4.69, 9.17) is 0 Å². The van der Waals surface area contributed by atoms with Crippen LogP contribution in [0, 0.1) is 0 Å². The first-order chi connectivity index (χ1) is 8.73. The molecular weight excluding hydrogens is 226 g/mol. The molecule has 0 bridgehead atoms. The van der Waals surface area contributed by atoms with Gasteiger partial charge in [-0.1, -0.05) is 19.3 Å². The molecule has 3 aliphatic rings. The third kappa shape index (κ3) is 1.95. The van der Waals surface area contributed by atoms with Crippen molar-refractivity contribution >= 4 is 5.91 Å². The number of likely N-dealkylation sites (tertiary alicyclic amines) is 1. The molecule has 4 heteroatoms. The van der Waals surface area contributed by atoms with E-state index in [2.05, 4.69) is 10.2 Å². The number of likely N-dealkylation sites (N-methyl/N-ethyl adjacent to an activating group) is 1. The number of rotatable bonds is 1. The van der Waals surface area contributed by atoms with Crippen LogP contribution in [0.1, 0.15) is 38.5 Å². The lowest BCUT2D eigenvalue weighted by atomic mass is 9.78. The van der Waals surface area contributed by atoms with E-state index in [0.29, 0.717) is 5.91 Å². The van der Waals surface area contributed by atoms with E-state index in [1.165, 1.54) is 32.1 Å². The number of hydrogen-bond donors (Lipinski definition) is 1. The molecule has 1 amide bonds. The van der Waals surface area contributed by atoms with Crippen molar-refractivity contribution in [1.29, 1.82) is 0 Å². The van der Waals surface area contributed by atoms with Crippen molar-refractivity contribution in [2.45, 2.75) is 50.1 Å². The van der Waals surface area contributed by atoms with Crippen LogP contribution < -0.4 is 5.32 Å². The summed E-state index contributed by atoms with van der Waals surface area (Å²) in [5.74, 6) is 0.349. The quantitative estimate of drug-likeness (QED) is 0.749. The summed E-state index contributed by atoms with van der Waals surface area (Å²) in [5, 5.41) is 3.56. The van der Waals surface area contributed by atoms with Gasteiger partial charge in [-0.15, -0.1) is 0 Å². The summed E-state index contributed by atoms with van der Waals surface area (Å²) in [4.78, 5) is 16.8. The van der Waals surface area contributed by atoms with Crippen molar-refractivity contribution in [2.75, 3.05) is 33.2 Å². The molecule has 1 aliphatic carbocycles. The standard InChI is InChI=1S/C14H25N3O/c1-16-9-5-12(13(16)18)17-10-8-15-11-14(17)6-3-2-4-7-14/h12,15H,2-11H2,1H3. The molecule has 2 heterocycles. The summed E-state index contributed by atoms with van der Waals surface area (Å²) in [6, 6.07) is 0.162. The first kappa shape index (κ1) is 12.4. The highest BCUT2D eigenvalue weighted by Crippen LogP contribution is 2.37. The van der Waals surface area contributed by atoms with Crippen molar-refractivity contribution < 1.29 is 4.79 Å². The van der Waals surface area contributed by atoms with Gasteiger partial charge in [0.2, 0.25) is 5.91 Å². The Labute approximate surface area is 110 Å². The van der Waals surface area contributed by atoms with E-state index < -0.39 is 0 Å². The Morgan fingerprint density at radius 1 is 1.22 bits per heavy atom. The van der Waals surface area contributed by atoms with Crippen LogP contribution in [0.25, 0.3) is 0 Å². The van der Waals surface area contributed by atoms with Gasteiger partial charge in [-0.3, -0.25) is 9.69 Å². The van der Waals surface area contributed by atoms with Gasteiger partial charge in [0.05, 0.1) is 6.04 Å². The minimum absolute atomic E-state index is 0.162.